The van der Waals surface area contributed by atoms with Crippen molar-refractivity contribution in [1.29, 1.82) is 0 Å². The van der Waals surface area contributed by atoms with Crippen LogP contribution in [0.1, 0.15) is 5.56 Å². The van der Waals surface area contributed by atoms with E-state index in [2.05, 4.69) is 9.97 Å². The first-order valence-electron chi connectivity index (χ1n) is 5.73. The first-order valence-corrected chi connectivity index (χ1v) is 5.73. The highest BCUT2D eigenvalue weighted by Crippen LogP contribution is 2.28. The Kier molecular flexibility index (Phi) is 4.28. The van der Waals surface area contributed by atoms with E-state index in [1.54, 1.807) is 19.2 Å². The lowest BCUT2D eigenvalue weighted by atomic mass is 10.3. The van der Waals surface area contributed by atoms with Crippen LogP contribution in [0.3, 0.4) is 0 Å². The minimum Gasteiger partial charge on any atom is -0.493 e. The van der Waals surface area contributed by atoms with Crippen molar-refractivity contribution in [1.82, 2.24) is 9.97 Å². The van der Waals surface area contributed by atoms with Gasteiger partial charge in [0.1, 0.15) is 0 Å². The number of aliphatic carboxylic acids is 1. The summed E-state index contributed by atoms with van der Waals surface area (Å²) in [6.45, 7) is 0. The second-order valence-electron chi connectivity index (χ2n) is 3.72. The molecule has 6 heteroatoms. The summed E-state index contributed by atoms with van der Waals surface area (Å²) >= 11 is 0. The van der Waals surface area contributed by atoms with Crippen molar-refractivity contribution in [2.45, 2.75) is 0 Å². The Hall–Kier alpha value is -2.89. The molecule has 0 radical (unpaired) electrons. The predicted molar refractivity (Wildman–Crippen MR) is 71.8 cm³/mol. The number of nitrogens with zero attached hydrogens (tertiary/aromatic N) is 2. The second-order valence-corrected chi connectivity index (χ2v) is 3.72. The molecule has 0 spiro atoms. The molecule has 1 aromatic heterocycles. The van der Waals surface area contributed by atoms with E-state index in [1.807, 2.05) is 12.1 Å². The molecule has 0 fully saturated rings. The zero-order valence-electron chi connectivity index (χ0n) is 10.7. The van der Waals surface area contributed by atoms with E-state index in [0.29, 0.717) is 17.1 Å². The number of hydrogen-bond donors (Lipinski definition) is 1. The van der Waals surface area contributed by atoms with Crippen molar-refractivity contribution in [3.8, 4) is 17.5 Å². The van der Waals surface area contributed by atoms with Gasteiger partial charge in [-0.3, -0.25) is 0 Å². The molecular weight excluding hydrogens is 260 g/mol. The van der Waals surface area contributed by atoms with Crippen molar-refractivity contribution in [2.24, 2.45) is 0 Å². The predicted octanol–water partition coefficient (Wildman–Crippen LogP) is 2.38. The van der Waals surface area contributed by atoms with E-state index >= 15 is 0 Å². The van der Waals surface area contributed by atoms with Crippen LogP contribution in [0.4, 0.5) is 0 Å². The number of methoxy groups -OCH3 is 1. The number of carbonyl (C=O) groups is 1. The zero-order valence-corrected chi connectivity index (χ0v) is 10.7. The van der Waals surface area contributed by atoms with Crippen LogP contribution in [0.2, 0.25) is 0 Å². The van der Waals surface area contributed by atoms with Crippen molar-refractivity contribution in [3.63, 3.8) is 0 Å². The molecule has 2 rings (SSSR count). The highest BCUT2D eigenvalue weighted by Gasteiger charge is 2.05. The average molecular weight is 272 g/mol. The summed E-state index contributed by atoms with van der Waals surface area (Å²) < 4.78 is 10.6. The number of benzene rings is 1. The summed E-state index contributed by atoms with van der Waals surface area (Å²) in [7, 11) is 1.54. The van der Waals surface area contributed by atoms with E-state index in [-0.39, 0.29) is 6.01 Å². The van der Waals surface area contributed by atoms with Crippen LogP contribution in [-0.2, 0) is 4.79 Å². The van der Waals surface area contributed by atoms with Crippen LogP contribution in [0.25, 0.3) is 6.08 Å². The summed E-state index contributed by atoms with van der Waals surface area (Å²) in [5, 5.41) is 8.52. The van der Waals surface area contributed by atoms with Gasteiger partial charge < -0.3 is 14.6 Å². The van der Waals surface area contributed by atoms with Crippen LogP contribution >= 0.6 is 0 Å². The lowest BCUT2D eigenvalue weighted by Gasteiger charge is -2.07. The molecular formula is C14H12N2O4. The molecule has 1 heterocycles. The zero-order chi connectivity index (χ0) is 14.4. The Morgan fingerprint density at radius 3 is 2.45 bits per heavy atom. The van der Waals surface area contributed by atoms with Gasteiger partial charge in [-0.25, -0.2) is 14.8 Å². The second kappa shape index (κ2) is 6.33. The van der Waals surface area contributed by atoms with Gasteiger partial charge in [-0.15, -0.1) is 0 Å². The third-order valence-electron chi connectivity index (χ3n) is 2.34. The van der Waals surface area contributed by atoms with E-state index in [1.165, 1.54) is 18.5 Å². The molecule has 1 aromatic carbocycles. The Morgan fingerprint density at radius 2 is 1.85 bits per heavy atom. The quantitative estimate of drug-likeness (QED) is 0.841. The third kappa shape index (κ3) is 3.55. The van der Waals surface area contributed by atoms with E-state index in [4.69, 9.17) is 14.6 Å². The van der Waals surface area contributed by atoms with E-state index in [9.17, 15) is 4.79 Å². The Labute approximate surface area is 115 Å². The molecule has 0 aliphatic carbocycles. The number of rotatable bonds is 5. The summed E-state index contributed by atoms with van der Waals surface area (Å²) in [6.07, 6.45) is 5.35. The molecule has 0 aliphatic rings. The normalized spacial score (nSPS) is 10.4. The summed E-state index contributed by atoms with van der Waals surface area (Å²) in [4.78, 5) is 18.4. The van der Waals surface area contributed by atoms with Crippen LogP contribution in [0, 0.1) is 0 Å². The van der Waals surface area contributed by atoms with E-state index < -0.39 is 5.97 Å². The average Bonchev–Trinajstić information content (AvgIpc) is 2.47. The van der Waals surface area contributed by atoms with Crippen molar-refractivity contribution in [3.05, 3.63) is 48.3 Å². The molecule has 0 saturated carbocycles. The fraction of sp³-hybridized carbons (Fsp3) is 0.0714. The molecule has 6 nitrogen and oxygen atoms in total. The van der Waals surface area contributed by atoms with Crippen LogP contribution in [0.5, 0.6) is 17.5 Å². The Morgan fingerprint density at radius 1 is 1.20 bits per heavy atom. The number of aromatic nitrogens is 2. The molecule has 0 bridgehead atoms. The largest absolute Gasteiger partial charge is 0.493 e. The van der Waals surface area contributed by atoms with Gasteiger partial charge in [-0.05, 0) is 18.2 Å². The number of para-hydroxylation sites is 2. The highest BCUT2D eigenvalue weighted by atomic mass is 16.5. The van der Waals surface area contributed by atoms with Crippen molar-refractivity contribution >= 4 is 12.0 Å². The van der Waals surface area contributed by atoms with Crippen LogP contribution in [-0.4, -0.2) is 28.2 Å². The van der Waals surface area contributed by atoms with Crippen molar-refractivity contribution < 1.29 is 19.4 Å². The fourth-order valence-electron chi connectivity index (χ4n) is 1.43. The van der Waals surface area contributed by atoms with Crippen LogP contribution < -0.4 is 9.47 Å². The van der Waals surface area contributed by atoms with Gasteiger partial charge in [0.05, 0.1) is 7.11 Å². The molecule has 0 saturated heterocycles. The van der Waals surface area contributed by atoms with Gasteiger partial charge in [0.2, 0.25) is 0 Å². The van der Waals surface area contributed by atoms with Gasteiger partial charge in [0.25, 0.3) is 0 Å². The molecule has 102 valence electrons. The number of carboxylic acids is 1. The summed E-state index contributed by atoms with van der Waals surface area (Å²) in [5.41, 5.74) is 0.569. The SMILES string of the molecule is COc1ccccc1Oc1ncc(/C=C/C(=O)O)cn1. The molecule has 0 atom stereocenters. The fourth-order valence-corrected chi connectivity index (χ4v) is 1.43. The topological polar surface area (TPSA) is 81.5 Å². The maximum atomic E-state index is 10.4. The van der Waals surface area contributed by atoms with Gasteiger partial charge in [-0.2, -0.15) is 0 Å². The van der Waals surface area contributed by atoms with Crippen molar-refractivity contribution in [2.75, 3.05) is 7.11 Å². The molecule has 0 amide bonds. The Bertz CT molecular complexity index is 623. The Balaban J connectivity index is 2.13. The smallest absolute Gasteiger partial charge is 0.328 e. The number of carboxylic acid groups (broad SMARTS) is 1. The number of ether oxygens (including phenoxy) is 2. The molecule has 0 aliphatic heterocycles. The maximum absolute atomic E-state index is 10.4. The molecule has 2 aromatic rings. The molecule has 1 N–H and O–H groups in total. The first-order chi connectivity index (χ1) is 9.69. The lowest BCUT2D eigenvalue weighted by molar-refractivity contribution is -0.131. The molecule has 20 heavy (non-hydrogen) atoms. The van der Waals surface area contributed by atoms with Gasteiger partial charge in [0.15, 0.2) is 11.5 Å². The number of hydrogen-bond acceptors (Lipinski definition) is 5. The molecule has 0 unspecified atom stereocenters. The van der Waals surface area contributed by atoms with E-state index in [0.717, 1.165) is 6.08 Å². The maximum Gasteiger partial charge on any atom is 0.328 e. The van der Waals surface area contributed by atoms with Crippen LogP contribution in [0.15, 0.2) is 42.7 Å². The highest BCUT2D eigenvalue weighted by molar-refractivity contribution is 5.85. The van der Waals surface area contributed by atoms with Gasteiger partial charge >= 0.3 is 12.0 Å². The lowest BCUT2D eigenvalue weighted by Crippen LogP contribution is -1.94. The minimum atomic E-state index is -1.03. The summed E-state index contributed by atoms with van der Waals surface area (Å²) in [5.74, 6) is 0.0501. The summed E-state index contributed by atoms with van der Waals surface area (Å²) in [6, 6.07) is 7.29. The minimum absolute atomic E-state index is 0.155. The van der Waals surface area contributed by atoms with Gasteiger partial charge in [-0.1, -0.05) is 12.1 Å². The van der Waals surface area contributed by atoms with Gasteiger partial charge in [0, 0.05) is 24.0 Å². The monoisotopic (exact) mass is 272 g/mol. The first kappa shape index (κ1) is 13.5. The third-order valence-corrected chi connectivity index (χ3v) is 2.34. The standard InChI is InChI=1S/C14H12N2O4/c1-19-11-4-2-3-5-12(11)20-14-15-8-10(9-16-14)6-7-13(17)18/h2-9H,1H3,(H,17,18)/b7-6+.